The fraction of sp³-hybridized carbons (Fsp3) is 0.0909. The Labute approximate surface area is 114 Å². The number of hydrogen-bond acceptors (Lipinski definition) is 3. The highest BCUT2D eigenvalue weighted by atomic mass is 79.9. The molecule has 17 heavy (non-hydrogen) atoms. The maximum Gasteiger partial charge on any atom is 0.286 e. The molecule has 0 saturated carbocycles. The van der Waals surface area contributed by atoms with Crippen LogP contribution in [0.15, 0.2) is 44.2 Å². The van der Waals surface area contributed by atoms with E-state index < -0.39 is 0 Å². The molecule has 0 aliphatic rings. The monoisotopic (exact) mass is 358 g/mol. The number of nitrogens with zero attached hydrogens (tertiary/aromatic N) is 2. The van der Waals surface area contributed by atoms with Gasteiger partial charge >= 0.3 is 0 Å². The molecule has 0 aliphatic heterocycles. The molecule has 0 aliphatic carbocycles. The van der Waals surface area contributed by atoms with Crippen LogP contribution in [0.25, 0.3) is 5.69 Å². The number of methoxy groups -OCH3 is 1. The van der Waals surface area contributed by atoms with Gasteiger partial charge in [-0.05, 0) is 44.0 Å². The first-order valence-electron chi connectivity index (χ1n) is 4.71. The molecule has 0 radical (unpaired) electrons. The van der Waals surface area contributed by atoms with Gasteiger partial charge in [-0.2, -0.15) is 9.78 Å². The summed E-state index contributed by atoms with van der Waals surface area (Å²) < 4.78 is 7.48. The summed E-state index contributed by atoms with van der Waals surface area (Å²) in [5.41, 5.74) is 0.426. The molecule has 0 atom stereocenters. The first-order chi connectivity index (χ1) is 8.13. The molecule has 0 fully saturated rings. The van der Waals surface area contributed by atoms with E-state index in [0.717, 1.165) is 0 Å². The first-order valence-corrected chi connectivity index (χ1v) is 6.30. The number of aromatic nitrogens is 2. The van der Waals surface area contributed by atoms with Crippen molar-refractivity contribution < 1.29 is 4.74 Å². The van der Waals surface area contributed by atoms with Gasteiger partial charge in [0.15, 0.2) is 0 Å². The number of benzene rings is 1. The second kappa shape index (κ2) is 5.01. The van der Waals surface area contributed by atoms with Crippen molar-refractivity contribution in [3.8, 4) is 11.4 Å². The Hall–Kier alpha value is -1.14. The summed E-state index contributed by atoms with van der Waals surface area (Å²) in [4.78, 5) is 12.0. The summed E-state index contributed by atoms with van der Waals surface area (Å²) in [5.74, 6) is 0.676. The van der Waals surface area contributed by atoms with Gasteiger partial charge in [0.2, 0.25) is 0 Å². The predicted octanol–water partition coefficient (Wildman–Crippen LogP) is 2.77. The van der Waals surface area contributed by atoms with Gasteiger partial charge in [-0.1, -0.05) is 6.07 Å². The summed E-state index contributed by atoms with van der Waals surface area (Å²) >= 11 is 6.44. The molecule has 1 aromatic heterocycles. The van der Waals surface area contributed by atoms with Crippen LogP contribution in [0.5, 0.6) is 5.75 Å². The molecule has 1 heterocycles. The van der Waals surface area contributed by atoms with E-state index in [-0.39, 0.29) is 5.56 Å². The van der Waals surface area contributed by atoms with Gasteiger partial charge in [0, 0.05) is 6.07 Å². The third-order valence-corrected chi connectivity index (χ3v) is 4.07. The molecule has 0 bridgehead atoms. The van der Waals surface area contributed by atoms with Gasteiger partial charge in [0.25, 0.3) is 5.56 Å². The molecule has 2 rings (SSSR count). The van der Waals surface area contributed by atoms with Crippen LogP contribution in [0.1, 0.15) is 0 Å². The highest BCUT2D eigenvalue weighted by Gasteiger charge is 2.08. The van der Waals surface area contributed by atoms with Gasteiger partial charge in [-0.15, -0.1) is 0 Å². The van der Waals surface area contributed by atoms with Crippen molar-refractivity contribution >= 4 is 31.9 Å². The smallest absolute Gasteiger partial charge is 0.286 e. The highest BCUT2D eigenvalue weighted by molar-refractivity contribution is 9.13. The number of rotatable bonds is 2. The third kappa shape index (κ3) is 2.42. The Balaban J connectivity index is 2.61. The minimum absolute atomic E-state index is 0.229. The zero-order valence-electron chi connectivity index (χ0n) is 8.85. The minimum Gasteiger partial charge on any atom is -0.497 e. The molecular weight excluding hydrogens is 352 g/mol. The molecule has 88 valence electrons. The molecule has 1 aromatic carbocycles. The maximum atomic E-state index is 12.0. The Morgan fingerprint density at radius 3 is 2.82 bits per heavy atom. The number of hydrogen-bond donors (Lipinski definition) is 0. The predicted molar refractivity (Wildman–Crippen MR) is 71.8 cm³/mol. The lowest BCUT2D eigenvalue weighted by Gasteiger charge is -2.07. The average molecular weight is 360 g/mol. The zero-order valence-corrected chi connectivity index (χ0v) is 12.0. The van der Waals surface area contributed by atoms with Crippen molar-refractivity contribution in [2.45, 2.75) is 0 Å². The van der Waals surface area contributed by atoms with Crippen LogP contribution in [0.4, 0.5) is 0 Å². The largest absolute Gasteiger partial charge is 0.497 e. The van der Waals surface area contributed by atoms with E-state index in [1.807, 2.05) is 6.07 Å². The lowest BCUT2D eigenvalue weighted by atomic mass is 10.3. The van der Waals surface area contributed by atoms with Crippen molar-refractivity contribution in [2.24, 2.45) is 0 Å². The van der Waals surface area contributed by atoms with E-state index in [4.69, 9.17) is 4.74 Å². The SMILES string of the molecule is COc1cccc(-n2ncc(Br)c(Br)c2=O)c1. The molecule has 0 N–H and O–H groups in total. The van der Waals surface area contributed by atoms with Gasteiger partial charge in [0.1, 0.15) is 10.2 Å². The van der Waals surface area contributed by atoms with Crippen LogP contribution < -0.4 is 10.3 Å². The van der Waals surface area contributed by atoms with E-state index in [0.29, 0.717) is 20.4 Å². The standard InChI is InChI=1S/C11H8Br2N2O2/c1-17-8-4-2-3-7(5-8)15-11(16)10(13)9(12)6-14-15/h2-6H,1H3. The van der Waals surface area contributed by atoms with E-state index in [1.165, 1.54) is 4.68 Å². The minimum atomic E-state index is -0.229. The van der Waals surface area contributed by atoms with E-state index in [1.54, 1.807) is 31.5 Å². The number of halogens is 2. The van der Waals surface area contributed by atoms with Crippen LogP contribution in [0.3, 0.4) is 0 Å². The number of ether oxygens (including phenoxy) is 1. The van der Waals surface area contributed by atoms with E-state index >= 15 is 0 Å². The van der Waals surface area contributed by atoms with Gasteiger partial charge < -0.3 is 4.74 Å². The fourth-order valence-corrected chi connectivity index (χ4v) is 1.87. The Morgan fingerprint density at radius 2 is 2.12 bits per heavy atom. The molecule has 6 heteroatoms. The fourth-order valence-electron chi connectivity index (χ4n) is 1.34. The molecular formula is C11H8Br2N2O2. The third-order valence-electron chi connectivity index (χ3n) is 2.17. The van der Waals surface area contributed by atoms with Crippen LogP contribution >= 0.6 is 31.9 Å². The lowest BCUT2D eigenvalue weighted by molar-refractivity contribution is 0.414. The first kappa shape index (κ1) is 12.3. The van der Waals surface area contributed by atoms with Crippen LogP contribution in [0.2, 0.25) is 0 Å². The molecule has 0 spiro atoms. The van der Waals surface area contributed by atoms with Crippen LogP contribution in [-0.4, -0.2) is 16.9 Å². The van der Waals surface area contributed by atoms with Gasteiger partial charge in [-0.3, -0.25) is 4.79 Å². The second-order valence-electron chi connectivity index (χ2n) is 3.22. The Kier molecular flexibility index (Phi) is 3.63. The van der Waals surface area contributed by atoms with Gasteiger partial charge in [0.05, 0.1) is 23.5 Å². The van der Waals surface area contributed by atoms with Crippen LogP contribution in [-0.2, 0) is 0 Å². The quantitative estimate of drug-likeness (QED) is 0.828. The normalized spacial score (nSPS) is 10.3. The molecule has 0 amide bonds. The Bertz CT molecular complexity index is 611. The average Bonchev–Trinajstić information content (AvgIpc) is 2.36. The van der Waals surface area contributed by atoms with Crippen molar-refractivity contribution in [3.05, 3.63) is 49.8 Å². The lowest BCUT2D eigenvalue weighted by Crippen LogP contribution is -2.21. The van der Waals surface area contributed by atoms with Crippen LogP contribution in [0, 0.1) is 0 Å². The molecule has 2 aromatic rings. The molecule has 0 unspecified atom stereocenters. The van der Waals surface area contributed by atoms with E-state index in [9.17, 15) is 4.79 Å². The van der Waals surface area contributed by atoms with Crippen molar-refractivity contribution in [1.29, 1.82) is 0 Å². The second-order valence-corrected chi connectivity index (χ2v) is 4.87. The summed E-state index contributed by atoms with van der Waals surface area (Å²) in [7, 11) is 1.58. The van der Waals surface area contributed by atoms with Crippen molar-refractivity contribution in [3.63, 3.8) is 0 Å². The summed E-state index contributed by atoms with van der Waals surface area (Å²) in [6, 6.07) is 7.15. The highest BCUT2D eigenvalue weighted by Crippen LogP contribution is 2.19. The van der Waals surface area contributed by atoms with Gasteiger partial charge in [-0.25, -0.2) is 0 Å². The van der Waals surface area contributed by atoms with Crippen molar-refractivity contribution in [2.75, 3.05) is 7.11 Å². The maximum absolute atomic E-state index is 12.0. The summed E-state index contributed by atoms with van der Waals surface area (Å²) in [6.07, 6.45) is 1.56. The molecule has 4 nitrogen and oxygen atoms in total. The zero-order chi connectivity index (χ0) is 12.4. The van der Waals surface area contributed by atoms with Crippen molar-refractivity contribution in [1.82, 2.24) is 9.78 Å². The Morgan fingerprint density at radius 1 is 1.35 bits per heavy atom. The summed E-state index contributed by atoms with van der Waals surface area (Å²) in [5, 5.41) is 4.06. The molecule has 0 saturated heterocycles. The van der Waals surface area contributed by atoms with E-state index in [2.05, 4.69) is 37.0 Å². The summed E-state index contributed by atoms with van der Waals surface area (Å²) in [6.45, 7) is 0. The topological polar surface area (TPSA) is 44.1 Å².